The lowest BCUT2D eigenvalue weighted by Crippen LogP contribution is -2.45. The molecule has 2 aliphatic rings. The Labute approximate surface area is 206 Å². The molecule has 0 radical (unpaired) electrons. The van der Waals surface area contributed by atoms with Crippen molar-refractivity contribution in [3.63, 3.8) is 0 Å². The van der Waals surface area contributed by atoms with Gasteiger partial charge in [-0.25, -0.2) is 4.79 Å². The van der Waals surface area contributed by atoms with Gasteiger partial charge in [0.2, 0.25) is 5.91 Å². The molecule has 1 aromatic carbocycles. The van der Waals surface area contributed by atoms with E-state index in [2.05, 4.69) is 29.7 Å². The van der Waals surface area contributed by atoms with Crippen LogP contribution in [0.25, 0.3) is 0 Å². The number of ether oxygens (including phenoxy) is 3. The third-order valence-electron chi connectivity index (χ3n) is 6.42. The predicted molar refractivity (Wildman–Crippen MR) is 132 cm³/mol. The molecule has 186 valence electrons. The first-order valence-corrected chi connectivity index (χ1v) is 12.1. The van der Waals surface area contributed by atoms with Gasteiger partial charge in [0.1, 0.15) is 11.9 Å². The van der Waals surface area contributed by atoms with Crippen molar-refractivity contribution in [3.05, 3.63) is 52.6 Å². The number of hydrogen-bond donors (Lipinski definition) is 2. The molecule has 0 aliphatic carbocycles. The predicted octanol–water partition coefficient (Wildman–Crippen LogP) is 4.72. The van der Waals surface area contributed by atoms with Crippen molar-refractivity contribution in [1.29, 1.82) is 0 Å². The lowest BCUT2D eigenvalue weighted by molar-refractivity contribution is -0.120. The van der Waals surface area contributed by atoms with Crippen molar-refractivity contribution in [2.45, 2.75) is 76.2 Å². The second-order valence-electron chi connectivity index (χ2n) is 9.25. The zero-order valence-electron chi connectivity index (χ0n) is 20.4. The first kappa shape index (κ1) is 26.1. The van der Waals surface area contributed by atoms with Gasteiger partial charge in [0.25, 0.3) is 0 Å². The standard InChI is InChI=1S/C26H35ClN2O5/c1-17(13-18-9-10-21(27)22(14-18)32-4)7-5-6-8-19-15-20(33-25(31)29-19)16-23-26(2,34-23)12-11-24(30)28-3/h5-7,9-10,14,19-20,23H,8,11-13,15-16H2,1-4H3,(H,28,30)(H,29,31)/b6-5+,17-7+/t19?,20?,23?,26-/m0/s1. The maximum absolute atomic E-state index is 12.0. The van der Waals surface area contributed by atoms with Gasteiger partial charge in [-0.05, 0) is 50.8 Å². The van der Waals surface area contributed by atoms with E-state index in [1.165, 1.54) is 5.57 Å². The monoisotopic (exact) mass is 490 g/mol. The number of allylic oxidation sites excluding steroid dienone is 3. The number of benzene rings is 1. The molecule has 2 fully saturated rings. The van der Waals surface area contributed by atoms with E-state index in [9.17, 15) is 9.59 Å². The van der Waals surface area contributed by atoms with Crippen LogP contribution in [0.15, 0.2) is 42.0 Å². The highest BCUT2D eigenvalue weighted by atomic mass is 35.5. The van der Waals surface area contributed by atoms with Crippen LogP contribution in [0.3, 0.4) is 0 Å². The lowest BCUT2D eigenvalue weighted by atomic mass is 9.94. The van der Waals surface area contributed by atoms with Gasteiger partial charge in [0.05, 0.1) is 23.8 Å². The normalized spacial score (nSPS) is 26.7. The molecule has 4 atom stereocenters. The molecule has 0 aromatic heterocycles. The zero-order valence-corrected chi connectivity index (χ0v) is 21.1. The SMILES string of the molecule is CNC(=O)CC[C@]1(C)OC1CC1CC(C/C=C/C=C(\C)Cc2ccc(Cl)c(OC)c2)NC(=O)O1. The van der Waals surface area contributed by atoms with E-state index in [-0.39, 0.29) is 35.9 Å². The Bertz CT molecular complexity index is 947. The van der Waals surface area contributed by atoms with Crippen molar-refractivity contribution >= 4 is 23.6 Å². The number of rotatable bonds is 11. The Hall–Kier alpha value is -2.51. The highest BCUT2D eigenvalue weighted by molar-refractivity contribution is 6.32. The molecule has 2 amide bonds. The smallest absolute Gasteiger partial charge is 0.407 e. The Kier molecular flexibility index (Phi) is 9.03. The molecule has 1 aromatic rings. The van der Waals surface area contributed by atoms with Gasteiger partial charge in [-0.15, -0.1) is 0 Å². The molecule has 34 heavy (non-hydrogen) atoms. The molecule has 2 N–H and O–H groups in total. The van der Waals surface area contributed by atoms with E-state index in [0.29, 0.717) is 30.0 Å². The van der Waals surface area contributed by atoms with Crippen molar-refractivity contribution < 1.29 is 23.8 Å². The summed E-state index contributed by atoms with van der Waals surface area (Å²) < 4.78 is 16.6. The van der Waals surface area contributed by atoms with E-state index >= 15 is 0 Å². The summed E-state index contributed by atoms with van der Waals surface area (Å²) in [5, 5.41) is 6.13. The molecule has 0 spiro atoms. The Morgan fingerprint density at radius 2 is 2.21 bits per heavy atom. The molecule has 2 saturated heterocycles. The summed E-state index contributed by atoms with van der Waals surface area (Å²) in [5.41, 5.74) is 2.03. The second-order valence-corrected chi connectivity index (χ2v) is 9.66. The minimum Gasteiger partial charge on any atom is -0.495 e. The number of nitrogens with one attached hydrogen (secondary N) is 2. The Balaban J connectivity index is 1.44. The fourth-order valence-corrected chi connectivity index (χ4v) is 4.47. The average Bonchev–Trinajstić information content (AvgIpc) is 3.44. The van der Waals surface area contributed by atoms with Gasteiger partial charge >= 0.3 is 6.09 Å². The van der Waals surface area contributed by atoms with Gasteiger partial charge in [0, 0.05) is 32.4 Å². The van der Waals surface area contributed by atoms with E-state index in [1.807, 2.05) is 31.2 Å². The summed E-state index contributed by atoms with van der Waals surface area (Å²) in [7, 11) is 3.24. The molecule has 3 rings (SSSR count). The molecule has 0 saturated carbocycles. The van der Waals surface area contributed by atoms with Crippen LogP contribution >= 0.6 is 11.6 Å². The van der Waals surface area contributed by atoms with Gasteiger partial charge < -0.3 is 24.8 Å². The number of carbonyl (C=O) groups is 2. The number of alkyl carbamates (subject to hydrolysis) is 1. The van der Waals surface area contributed by atoms with Crippen molar-refractivity contribution in [2.75, 3.05) is 14.2 Å². The summed E-state index contributed by atoms with van der Waals surface area (Å²) in [4.78, 5) is 23.5. The van der Waals surface area contributed by atoms with Crippen LogP contribution in [-0.2, 0) is 20.7 Å². The number of epoxide rings is 1. The number of methoxy groups -OCH3 is 1. The molecule has 8 heteroatoms. The van der Waals surface area contributed by atoms with Crippen molar-refractivity contribution in [3.8, 4) is 5.75 Å². The average molecular weight is 491 g/mol. The van der Waals surface area contributed by atoms with Gasteiger partial charge in [-0.2, -0.15) is 0 Å². The fourth-order valence-electron chi connectivity index (χ4n) is 4.28. The fraction of sp³-hybridized carbons (Fsp3) is 0.538. The molecule has 2 heterocycles. The Morgan fingerprint density at radius 3 is 2.94 bits per heavy atom. The highest BCUT2D eigenvalue weighted by Gasteiger charge is 2.53. The second kappa shape index (κ2) is 11.8. The maximum atomic E-state index is 12.0. The minimum absolute atomic E-state index is 0.00722. The summed E-state index contributed by atoms with van der Waals surface area (Å²) in [6.07, 6.45) is 9.63. The van der Waals surface area contributed by atoms with E-state index in [0.717, 1.165) is 24.8 Å². The van der Waals surface area contributed by atoms with Gasteiger partial charge in [-0.1, -0.05) is 41.5 Å². The van der Waals surface area contributed by atoms with Crippen LogP contribution in [0.1, 0.15) is 51.5 Å². The van der Waals surface area contributed by atoms with Gasteiger partial charge in [0.15, 0.2) is 0 Å². The van der Waals surface area contributed by atoms with E-state index in [1.54, 1.807) is 14.2 Å². The van der Waals surface area contributed by atoms with Gasteiger partial charge in [-0.3, -0.25) is 4.79 Å². The van der Waals surface area contributed by atoms with Crippen LogP contribution in [-0.4, -0.2) is 50.0 Å². The third-order valence-corrected chi connectivity index (χ3v) is 6.73. The number of cyclic esters (lactones) is 1. The molecule has 0 bridgehead atoms. The van der Waals surface area contributed by atoms with Crippen LogP contribution < -0.4 is 15.4 Å². The molecule has 3 unspecified atom stereocenters. The Morgan fingerprint density at radius 1 is 1.41 bits per heavy atom. The van der Waals surface area contributed by atoms with Crippen LogP contribution in [0, 0.1) is 0 Å². The van der Waals surface area contributed by atoms with Crippen LogP contribution in [0.2, 0.25) is 5.02 Å². The number of amides is 2. The lowest BCUT2D eigenvalue weighted by Gasteiger charge is -2.29. The largest absolute Gasteiger partial charge is 0.495 e. The topological polar surface area (TPSA) is 89.2 Å². The highest BCUT2D eigenvalue weighted by Crippen LogP contribution is 2.44. The van der Waals surface area contributed by atoms with E-state index in [4.69, 9.17) is 25.8 Å². The third kappa shape index (κ3) is 7.50. The molecular formula is C26H35ClN2O5. The van der Waals surface area contributed by atoms with Crippen LogP contribution in [0.4, 0.5) is 4.79 Å². The summed E-state index contributed by atoms with van der Waals surface area (Å²) in [6, 6.07) is 5.82. The molecule has 2 aliphatic heterocycles. The van der Waals surface area contributed by atoms with Crippen molar-refractivity contribution in [1.82, 2.24) is 10.6 Å². The quantitative estimate of drug-likeness (QED) is 0.346. The summed E-state index contributed by atoms with van der Waals surface area (Å²) >= 11 is 6.09. The first-order valence-electron chi connectivity index (χ1n) is 11.7. The van der Waals surface area contributed by atoms with Crippen molar-refractivity contribution in [2.24, 2.45) is 0 Å². The zero-order chi connectivity index (χ0) is 24.7. The summed E-state index contributed by atoms with van der Waals surface area (Å²) in [5.74, 6) is 0.684. The first-order chi connectivity index (χ1) is 16.2. The molecular weight excluding hydrogens is 456 g/mol. The number of halogens is 1. The van der Waals surface area contributed by atoms with Crippen LogP contribution in [0.5, 0.6) is 5.75 Å². The van der Waals surface area contributed by atoms with E-state index < -0.39 is 0 Å². The number of hydrogen-bond acceptors (Lipinski definition) is 5. The molecule has 7 nitrogen and oxygen atoms in total. The minimum atomic E-state index is -0.384. The summed E-state index contributed by atoms with van der Waals surface area (Å²) in [6.45, 7) is 4.09. The number of carbonyl (C=O) groups excluding carboxylic acids is 2. The maximum Gasteiger partial charge on any atom is 0.407 e.